The van der Waals surface area contributed by atoms with E-state index in [4.69, 9.17) is 0 Å². The fourth-order valence-corrected chi connectivity index (χ4v) is 6.44. The van der Waals surface area contributed by atoms with Gasteiger partial charge < -0.3 is 5.11 Å². The highest BCUT2D eigenvalue weighted by Crippen LogP contribution is 2.64. The molecule has 0 radical (unpaired) electrons. The van der Waals surface area contributed by atoms with Crippen molar-refractivity contribution in [3.8, 4) is 0 Å². The number of hydrogen-bond donors (Lipinski definition) is 1. The first-order valence-corrected chi connectivity index (χ1v) is 8.97. The molecule has 4 aliphatic carbocycles. The molecular weight excluding hydrogens is 272 g/mol. The lowest BCUT2D eigenvalue weighted by molar-refractivity contribution is -0.115. The number of allylic oxidation sites excluding steroid dienone is 4. The molecule has 0 aromatic rings. The zero-order valence-corrected chi connectivity index (χ0v) is 14.0. The Labute approximate surface area is 133 Å². The highest BCUT2D eigenvalue weighted by atomic mass is 16.3. The first-order chi connectivity index (χ1) is 10.4. The Hall–Kier alpha value is -0.890. The van der Waals surface area contributed by atoms with Gasteiger partial charge in [-0.05, 0) is 60.8 Å². The maximum absolute atomic E-state index is 11.8. The van der Waals surface area contributed by atoms with Crippen molar-refractivity contribution in [1.82, 2.24) is 0 Å². The summed E-state index contributed by atoms with van der Waals surface area (Å²) in [6, 6.07) is 0. The molecule has 0 spiro atoms. The van der Waals surface area contributed by atoms with Crippen molar-refractivity contribution in [2.45, 2.75) is 59.0 Å². The third kappa shape index (κ3) is 1.73. The van der Waals surface area contributed by atoms with Crippen LogP contribution >= 0.6 is 0 Å². The summed E-state index contributed by atoms with van der Waals surface area (Å²) in [5.41, 5.74) is 1.54. The molecule has 4 aliphatic rings. The lowest BCUT2D eigenvalue weighted by Crippen LogP contribution is -2.52. The minimum atomic E-state index is -0.118. The summed E-state index contributed by atoms with van der Waals surface area (Å²) in [4.78, 5) is 11.8. The first-order valence-electron chi connectivity index (χ1n) is 8.97. The van der Waals surface area contributed by atoms with Crippen LogP contribution in [0.2, 0.25) is 0 Å². The van der Waals surface area contributed by atoms with Crippen LogP contribution in [0.25, 0.3) is 0 Å². The summed E-state index contributed by atoms with van der Waals surface area (Å²) in [5.74, 6) is 2.71. The van der Waals surface area contributed by atoms with Crippen molar-refractivity contribution in [2.24, 2.45) is 34.5 Å². The van der Waals surface area contributed by atoms with Gasteiger partial charge in [-0.2, -0.15) is 0 Å². The topological polar surface area (TPSA) is 37.3 Å². The van der Waals surface area contributed by atoms with Crippen LogP contribution < -0.4 is 0 Å². The van der Waals surface area contributed by atoms with E-state index in [-0.39, 0.29) is 22.7 Å². The average Bonchev–Trinajstić information content (AvgIpc) is 2.77. The largest absolute Gasteiger partial charge is 0.393 e. The van der Waals surface area contributed by atoms with Crippen LogP contribution in [0.3, 0.4) is 0 Å². The molecule has 0 aromatic heterocycles. The van der Waals surface area contributed by atoms with E-state index in [1.165, 1.54) is 18.4 Å². The molecular formula is C20H28O2. The Morgan fingerprint density at radius 3 is 2.73 bits per heavy atom. The van der Waals surface area contributed by atoms with Gasteiger partial charge in [0.05, 0.1) is 6.10 Å². The van der Waals surface area contributed by atoms with Gasteiger partial charge in [0.25, 0.3) is 0 Å². The van der Waals surface area contributed by atoms with E-state index in [1.807, 2.05) is 6.08 Å². The third-order valence-corrected chi connectivity index (χ3v) is 7.80. The minimum absolute atomic E-state index is 0.0694. The van der Waals surface area contributed by atoms with Crippen molar-refractivity contribution in [1.29, 1.82) is 0 Å². The van der Waals surface area contributed by atoms with E-state index in [2.05, 4.69) is 32.9 Å². The van der Waals surface area contributed by atoms with Crippen LogP contribution in [0.4, 0.5) is 0 Å². The zero-order chi connectivity index (χ0) is 15.7. The van der Waals surface area contributed by atoms with Gasteiger partial charge >= 0.3 is 0 Å². The maximum Gasteiger partial charge on any atom is 0.159 e. The van der Waals surface area contributed by atoms with Gasteiger partial charge in [0, 0.05) is 11.8 Å². The third-order valence-electron chi connectivity index (χ3n) is 7.80. The molecule has 0 aliphatic heterocycles. The number of hydrogen-bond acceptors (Lipinski definition) is 2. The fourth-order valence-electron chi connectivity index (χ4n) is 6.44. The van der Waals surface area contributed by atoms with E-state index in [0.717, 1.165) is 12.8 Å². The number of carbonyl (C=O) groups excluding carboxylic acids is 1. The molecule has 2 heteroatoms. The van der Waals surface area contributed by atoms with E-state index in [9.17, 15) is 9.90 Å². The van der Waals surface area contributed by atoms with E-state index in [0.29, 0.717) is 30.1 Å². The molecule has 120 valence electrons. The van der Waals surface area contributed by atoms with Crippen LogP contribution in [-0.2, 0) is 4.79 Å². The van der Waals surface area contributed by atoms with Gasteiger partial charge in [-0.1, -0.05) is 38.5 Å². The second-order valence-corrected chi connectivity index (χ2v) is 8.74. The molecule has 0 amide bonds. The quantitative estimate of drug-likeness (QED) is 0.689. The highest BCUT2D eigenvalue weighted by Gasteiger charge is 2.59. The second-order valence-electron chi connectivity index (χ2n) is 8.74. The molecule has 4 rings (SSSR count). The summed E-state index contributed by atoms with van der Waals surface area (Å²) in [6.45, 7) is 7.00. The molecule has 7 atom stereocenters. The molecule has 2 nitrogen and oxygen atoms in total. The molecule has 2 fully saturated rings. The van der Waals surface area contributed by atoms with E-state index >= 15 is 0 Å². The van der Waals surface area contributed by atoms with Gasteiger partial charge in [0.1, 0.15) is 0 Å². The first kappa shape index (κ1) is 14.7. The van der Waals surface area contributed by atoms with Crippen LogP contribution in [0.1, 0.15) is 52.9 Å². The fraction of sp³-hybridized carbons (Fsp3) is 0.750. The Kier molecular flexibility index (Phi) is 3.05. The Bertz CT molecular complexity index is 574. The molecule has 22 heavy (non-hydrogen) atoms. The van der Waals surface area contributed by atoms with Crippen molar-refractivity contribution >= 4 is 5.78 Å². The number of carbonyl (C=O) groups is 1. The van der Waals surface area contributed by atoms with Gasteiger partial charge in [-0.15, -0.1) is 0 Å². The lowest BCUT2D eigenvalue weighted by Gasteiger charge is -2.57. The smallest absolute Gasteiger partial charge is 0.159 e. The predicted molar refractivity (Wildman–Crippen MR) is 87.2 cm³/mol. The highest BCUT2D eigenvalue weighted by molar-refractivity contribution is 5.93. The van der Waals surface area contributed by atoms with Crippen LogP contribution in [0.15, 0.2) is 23.8 Å². The molecule has 2 saturated carbocycles. The second kappa shape index (κ2) is 4.56. The summed E-state index contributed by atoms with van der Waals surface area (Å²) in [6.07, 6.45) is 11.4. The van der Waals surface area contributed by atoms with Crippen LogP contribution in [-0.4, -0.2) is 17.0 Å². The number of aliphatic hydroxyl groups excluding tert-OH is 1. The Morgan fingerprint density at radius 1 is 1.18 bits per heavy atom. The number of aliphatic hydroxyl groups is 1. The number of rotatable bonds is 0. The molecule has 0 bridgehead atoms. The molecule has 0 heterocycles. The van der Waals surface area contributed by atoms with Crippen molar-refractivity contribution in [3.05, 3.63) is 23.8 Å². The summed E-state index contributed by atoms with van der Waals surface area (Å²) in [5, 5.41) is 10.5. The Balaban J connectivity index is 1.78. The maximum atomic E-state index is 11.8. The van der Waals surface area contributed by atoms with Gasteiger partial charge in [-0.25, -0.2) is 0 Å². The average molecular weight is 300 g/mol. The molecule has 0 aromatic carbocycles. The Morgan fingerprint density at radius 2 is 1.95 bits per heavy atom. The van der Waals surface area contributed by atoms with Crippen LogP contribution in [0.5, 0.6) is 0 Å². The minimum Gasteiger partial charge on any atom is -0.393 e. The normalized spacial score (nSPS) is 53.5. The molecule has 0 saturated heterocycles. The summed E-state index contributed by atoms with van der Waals surface area (Å²) < 4.78 is 0. The molecule has 2 unspecified atom stereocenters. The van der Waals surface area contributed by atoms with Crippen LogP contribution in [0, 0.1) is 34.5 Å². The number of ketones is 1. The van der Waals surface area contributed by atoms with Crippen molar-refractivity contribution < 1.29 is 9.90 Å². The van der Waals surface area contributed by atoms with E-state index < -0.39 is 0 Å². The summed E-state index contributed by atoms with van der Waals surface area (Å²) in [7, 11) is 0. The SMILES string of the molecule is CC1C=C2CC(=O)C=C[C@]2(C)[C@@H]2CC[C@]3(C)C(O)CC[C@H]3[C@H]12. The predicted octanol–water partition coefficient (Wildman–Crippen LogP) is 3.90. The van der Waals surface area contributed by atoms with Crippen molar-refractivity contribution in [2.75, 3.05) is 0 Å². The standard InChI is InChI=1S/C20H28O2/c1-12-10-13-11-14(21)6-8-19(13,2)16-7-9-20(3)15(18(12)16)4-5-17(20)22/h6,8,10,12,15-18,22H,4-5,7,9,11H2,1-3H3/t12?,15-,16+,17?,18-,19-,20-/m0/s1. The summed E-state index contributed by atoms with van der Waals surface area (Å²) >= 11 is 0. The number of fused-ring (bicyclic) bond motifs is 5. The van der Waals surface area contributed by atoms with Gasteiger partial charge in [0.15, 0.2) is 5.78 Å². The van der Waals surface area contributed by atoms with Crippen molar-refractivity contribution in [3.63, 3.8) is 0 Å². The van der Waals surface area contributed by atoms with E-state index in [1.54, 1.807) is 0 Å². The monoisotopic (exact) mass is 300 g/mol. The van der Waals surface area contributed by atoms with Gasteiger partial charge in [0.2, 0.25) is 0 Å². The zero-order valence-electron chi connectivity index (χ0n) is 14.0. The lowest BCUT2D eigenvalue weighted by atomic mass is 9.47. The molecule has 1 N–H and O–H groups in total. The van der Waals surface area contributed by atoms with Gasteiger partial charge in [-0.3, -0.25) is 4.79 Å².